The molecule has 2 aliphatic rings. The summed E-state index contributed by atoms with van der Waals surface area (Å²) in [5, 5.41) is 3.70. The molecule has 0 bridgehead atoms. The van der Waals surface area contributed by atoms with Crippen LogP contribution in [0.2, 0.25) is 0 Å². The molecule has 1 heterocycles. The van der Waals surface area contributed by atoms with E-state index < -0.39 is 0 Å². The maximum atomic E-state index is 13.9. The highest BCUT2D eigenvalue weighted by Crippen LogP contribution is 2.38. The SMILES string of the molecule is CCOC(=O)C1CCC(NC2CCSc3c(F)cccc32)CC1. The number of hydrogen-bond acceptors (Lipinski definition) is 4. The highest BCUT2D eigenvalue weighted by atomic mass is 32.2. The van der Waals surface area contributed by atoms with Gasteiger partial charge in [0, 0.05) is 17.0 Å². The number of thioether (sulfide) groups is 1. The van der Waals surface area contributed by atoms with E-state index in [4.69, 9.17) is 4.74 Å². The zero-order chi connectivity index (χ0) is 16.2. The Hall–Kier alpha value is -1.07. The summed E-state index contributed by atoms with van der Waals surface area (Å²) in [6, 6.07) is 6.01. The van der Waals surface area contributed by atoms with Crippen molar-refractivity contribution in [1.82, 2.24) is 5.32 Å². The van der Waals surface area contributed by atoms with Gasteiger partial charge in [-0.05, 0) is 56.4 Å². The largest absolute Gasteiger partial charge is 0.466 e. The van der Waals surface area contributed by atoms with E-state index in [1.165, 1.54) is 0 Å². The van der Waals surface area contributed by atoms with E-state index >= 15 is 0 Å². The Balaban J connectivity index is 1.58. The van der Waals surface area contributed by atoms with Gasteiger partial charge in [-0.15, -0.1) is 11.8 Å². The lowest BCUT2D eigenvalue weighted by Gasteiger charge is -2.34. The highest BCUT2D eigenvalue weighted by molar-refractivity contribution is 7.99. The first-order chi connectivity index (χ1) is 11.2. The molecule has 1 saturated carbocycles. The molecule has 3 rings (SSSR count). The molecule has 1 fully saturated rings. The van der Waals surface area contributed by atoms with Crippen LogP contribution in [0.4, 0.5) is 4.39 Å². The lowest BCUT2D eigenvalue weighted by Crippen LogP contribution is -2.38. The number of ether oxygens (including phenoxy) is 1. The summed E-state index contributed by atoms with van der Waals surface area (Å²) in [5.41, 5.74) is 1.09. The first-order valence-electron chi connectivity index (χ1n) is 8.53. The van der Waals surface area contributed by atoms with Crippen molar-refractivity contribution in [3.8, 4) is 0 Å². The predicted molar refractivity (Wildman–Crippen MR) is 90.0 cm³/mol. The van der Waals surface area contributed by atoms with Crippen LogP contribution in [0, 0.1) is 11.7 Å². The second kappa shape index (κ2) is 7.67. The highest BCUT2D eigenvalue weighted by Gasteiger charge is 2.30. The normalized spacial score (nSPS) is 27.3. The lowest BCUT2D eigenvalue weighted by molar-refractivity contribution is -0.149. The Kier molecular flexibility index (Phi) is 5.59. The average molecular weight is 337 g/mol. The molecule has 0 saturated heterocycles. The minimum atomic E-state index is -0.106. The molecule has 1 N–H and O–H groups in total. The summed E-state index contributed by atoms with van der Waals surface area (Å²) in [6.45, 7) is 2.31. The number of hydrogen-bond donors (Lipinski definition) is 1. The average Bonchev–Trinajstić information content (AvgIpc) is 2.57. The predicted octanol–water partition coefficient (Wildman–Crippen LogP) is 4.07. The summed E-state index contributed by atoms with van der Waals surface area (Å²) in [5.74, 6) is 0.848. The number of carbonyl (C=O) groups is 1. The molecule has 0 aromatic heterocycles. The van der Waals surface area contributed by atoms with Crippen LogP contribution in [0.1, 0.15) is 50.6 Å². The van der Waals surface area contributed by atoms with Gasteiger partial charge in [-0.2, -0.15) is 0 Å². The van der Waals surface area contributed by atoms with Gasteiger partial charge >= 0.3 is 5.97 Å². The number of fused-ring (bicyclic) bond motifs is 1. The Morgan fingerprint density at radius 2 is 2.09 bits per heavy atom. The molecule has 126 valence electrons. The molecular formula is C18H24FNO2S. The third-order valence-electron chi connectivity index (χ3n) is 4.81. The maximum absolute atomic E-state index is 13.9. The zero-order valence-electron chi connectivity index (χ0n) is 13.5. The smallest absolute Gasteiger partial charge is 0.308 e. The number of benzene rings is 1. The number of halogens is 1. The molecule has 1 aliphatic heterocycles. The van der Waals surface area contributed by atoms with E-state index in [-0.39, 0.29) is 23.7 Å². The van der Waals surface area contributed by atoms with Crippen LogP contribution in [0.5, 0.6) is 0 Å². The van der Waals surface area contributed by atoms with Crippen LogP contribution in [0.3, 0.4) is 0 Å². The Morgan fingerprint density at radius 1 is 1.30 bits per heavy atom. The fraction of sp³-hybridized carbons (Fsp3) is 0.611. The summed E-state index contributed by atoms with van der Waals surface area (Å²) in [4.78, 5) is 12.6. The van der Waals surface area contributed by atoms with E-state index in [2.05, 4.69) is 5.32 Å². The molecule has 1 aromatic rings. The molecule has 0 radical (unpaired) electrons. The van der Waals surface area contributed by atoms with E-state index in [1.54, 1.807) is 23.9 Å². The van der Waals surface area contributed by atoms with Gasteiger partial charge in [-0.25, -0.2) is 4.39 Å². The molecule has 3 nitrogen and oxygen atoms in total. The number of nitrogens with one attached hydrogen (secondary N) is 1. The van der Waals surface area contributed by atoms with Crippen LogP contribution in [0.25, 0.3) is 0 Å². The van der Waals surface area contributed by atoms with E-state index in [1.807, 2.05) is 13.0 Å². The fourth-order valence-corrected chi connectivity index (χ4v) is 4.74. The second-order valence-corrected chi connectivity index (χ2v) is 7.42. The fourth-order valence-electron chi connectivity index (χ4n) is 3.60. The number of esters is 1. The van der Waals surface area contributed by atoms with Crippen molar-refractivity contribution in [1.29, 1.82) is 0 Å². The van der Waals surface area contributed by atoms with Crippen LogP contribution in [-0.2, 0) is 9.53 Å². The van der Waals surface area contributed by atoms with Crippen molar-refractivity contribution in [2.75, 3.05) is 12.4 Å². The molecule has 0 amide bonds. The van der Waals surface area contributed by atoms with Crippen molar-refractivity contribution in [3.63, 3.8) is 0 Å². The Bertz CT molecular complexity index is 558. The summed E-state index contributed by atoms with van der Waals surface area (Å²) >= 11 is 1.61. The summed E-state index contributed by atoms with van der Waals surface area (Å²) in [6.07, 6.45) is 4.76. The van der Waals surface area contributed by atoms with Crippen molar-refractivity contribution >= 4 is 17.7 Å². The van der Waals surface area contributed by atoms with Crippen LogP contribution >= 0.6 is 11.8 Å². The molecule has 0 spiro atoms. The van der Waals surface area contributed by atoms with Gasteiger partial charge in [0.2, 0.25) is 0 Å². The Labute approximate surface area is 141 Å². The molecule has 23 heavy (non-hydrogen) atoms. The minimum Gasteiger partial charge on any atom is -0.466 e. The van der Waals surface area contributed by atoms with Crippen LogP contribution in [-0.4, -0.2) is 24.4 Å². The first kappa shape index (κ1) is 16.8. The Morgan fingerprint density at radius 3 is 2.83 bits per heavy atom. The van der Waals surface area contributed by atoms with Gasteiger partial charge in [0.25, 0.3) is 0 Å². The number of rotatable bonds is 4. The third kappa shape index (κ3) is 3.89. The quantitative estimate of drug-likeness (QED) is 0.841. The molecular weight excluding hydrogens is 313 g/mol. The van der Waals surface area contributed by atoms with Crippen molar-refractivity contribution in [3.05, 3.63) is 29.6 Å². The van der Waals surface area contributed by atoms with Crippen molar-refractivity contribution in [2.45, 2.75) is 56.0 Å². The second-order valence-electron chi connectivity index (χ2n) is 6.32. The van der Waals surface area contributed by atoms with E-state index in [9.17, 15) is 9.18 Å². The van der Waals surface area contributed by atoms with Crippen LogP contribution < -0.4 is 5.32 Å². The third-order valence-corrected chi connectivity index (χ3v) is 5.97. The van der Waals surface area contributed by atoms with Crippen molar-refractivity contribution < 1.29 is 13.9 Å². The summed E-state index contributed by atoms with van der Waals surface area (Å²) in [7, 11) is 0. The number of carbonyl (C=O) groups excluding carboxylic acids is 1. The standard InChI is InChI=1S/C18H24FNO2S/c1-2-22-18(21)12-6-8-13(9-7-12)20-16-10-11-23-17-14(16)4-3-5-15(17)19/h3-5,12-13,16,20H,2,6-11H2,1H3. The topological polar surface area (TPSA) is 38.3 Å². The first-order valence-corrected chi connectivity index (χ1v) is 9.51. The molecule has 1 atom stereocenters. The lowest BCUT2D eigenvalue weighted by atomic mass is 9.85. The molecule has 5 heteroatoms. The monoisotopic (exact) mass is 337 g/mol. The molecule has 1 aromatic carbocycles. The van der Waals surface area contributed by atoms with Gasteiger partial charge in [0.1, 0.15) is 5.82 Å². The van der Waals surface area contributed by atoms with E-state index in [0.717, 1.165) is 48.3 Å². The van der Waals surface area contributed by atoms with Gasteiger partial charge in [0.15, 0.2) is 0 Å². The van der Waals surface area contributed by atoms with Gasteiger partial charge in [-0.3, -0.25) is 4.79 Å². The zero-order valence-corrected chi connectivity index (χ0v) is 14.3. The molecule has 1 unspecified atom stereocenters. The van der Waals surface area contributed by atoms with Crippen molar-refractivity contribution in [2.24, 2.45) is 5.92 Å². The minimum absolute atomic E-state index is 0.0487. The van der Waals surface area contributed by atoms with Crippen LogP contribution in [0.15, 0.2) is 23.1 Å². The van der Waals surface area contributed by atoms with Gasteiger partial charge in [-0.1, -0.05) is 12.1 Å². The molecule has 1 aliphatic carbocycles. The van der Waals surface area contributed by atoms with E-state index in [0.29, 0.717) is 12.6 Å². The maximum Gasteiger partial charge on any atom is 0.308 e. The summed E-state index contributed by atoms with van der Waals surface area (Å²) < 4.78 is 19.1. The van der Waals surface area contributed by atoms with Gasteiger partial charge in [0.05, 0.1) is 12.5 Å². The van der Waals surface area contributed by atoms with Gasteiger partial charge < -0.3 is 10.1 Å².